The zero-order valence-corrected chi connectivity index (χ0v) is 15.4. The molecular formula is C13H20BrN3O4S. The summed E-state index contributed by atoms with van der Waals surface area (Å²) < 4.78 is 26.8. The lowest BCUT2D eigenvalue weighted by molar-refractivity contribution is -0.385. The molecule has 2 N–H and O–H groups in total. The Morgan fingerprint density at radius 1 is 1.41 bits per heavy atom. The highest BCUT2D eigenvalue weighted by atomic mass is 79.9. The van der Waals surface area contributed by atoms with E-state index in [1.807, 2.05) is 13.8 Å². The van der Waals surface area contributed by atoms with E-state index in [9.17, 15) is 18.5 Å². The number of halogens is 1. The Kier molecular flexibility index (Phi) is 5.71. The van der Waals surface area contributed by atoms with Crippen LogP contribution in [-0.4, -0.2) is 37.8 Å². The van der Waals surface area contributed by atoms with Gasteiger partial charge >= 0.3 is 0 Å². The van der Waals surface area contributed by atoms with Crippen LogP contribution in [0.4, 0.5) is 5.69 Å². The van der Waals surface area contributed by atoms with Gasteiger partial charge in [0.05, 0.1) is 9.82 Å². The van der Waals surface area contributed by atoms with E-state index in [-0.39, 0.29) is 17.1 Å². The van der Waals surface area contributed by atoms with Crippen molar-refractivity contribution in [2.45, 2.75) is 25.7 Å². The highest BCUT2D eigenvalue weighted by Gasteiger charge is 2.29. The number of benzene rings is 1. The van der Waals surface area contributed by atoms with Crippen molar-refractivity contribution in [2.24, 2.45) is 11.1 Å². The SMILES string of the molecule is Cc1c(Br)cc(S(=O)(=O)N(C)CC(C)(C)CN)cc1[N+](=O)[O-]. The van der Waals surface area contributed by atoms with Crippen molar-refractivity contribution >= 4 is 31.6 Å². The maximum absolute atomic E-state index is 12.6. The van der Waals surface area contributed by atoms with Crippen molar-refractivity contribution in [1.29, 1.82) is 0 Å². The molecule has 22 heavy (non-hydrogen) atoms. The number of nitro groups is 1. The summed E-state index contributed by atoms with van der Waals surface area (Å²) in [4.78, 5) is 10.3. The molecule has 0 aliphatic carbocycles. The molecule has 1 aromatic carbocycles. The molecule has 0 aliphatic rings. The second kappa shape index (κ2) is 6.61. The fourth-order valence-corrected chi connectivity index (χ4v) is 3.92. The fourth-order valence-electron chi connectivity index (χ4n) is 1.91. The van der Waals surface area contributed by atoms with E-state index >= 15 is 0 Å². The standard InChI is InChI=1S/C13H20BrN3O4S/c1-9-11(14)5-10(6-12(9)17(18)19)22(20,21)16(4)8-13(2,3)7-15/h5-6H,7-8,15H2,1-4H3. The normalized spacial score (nSPS) is 12.7. The lowest BCUT2D eigenvalue weighted by Crippen LogP contribution is -2.39. The summed E-state index contributed by atoms with van der Waals surface area (Å²) in [5.74, 6) is 0. The molecule has 7 nitrogen and oxygen atoms in total. The van der Waals surface area contributed by atoms with Crippen LogP contribution in [0.15, 0.2) is 21.5 Å². The van der Waals surface area contributed by atoms with Crippen LogP contribution in [0.2, 0.25) is 0 Å². The summed E-state index contributed by atoms with van der Waals surface area (Å²) in [6, 6.07) is 2.46. The highest BCUT2D eigenvalue weighted by Crippen LogP contribution is 2.31. The van der Waals surface area contributed by atoms with Crippen LogP contribution in [0.25, 0.3) is 0 Å². The van der Waals surface area contributed by atoms with Gasteiger partial charge < -0.3 is 5.73 Å². The van der Waals surface area contributed by atoms with Crippen molar-refractivity contribution in [1.82, 2.24) is 4.31 Å². The van der Waals surface area contributed by atoms with Gasteiger partial charge in [-0.2, -0.15) is 0 Å². The van der Waals surface area contributed by atoms with Crippen LogP contribution >= 0.6 is 15.9 Å². The second-order valence-electron chi connectivity index (χ2n) is 5.94. The summed E-state index contributed by atoms with van der Waals surface area (Å²) >= 11 is 3.17. The summed E-state index contributed by atoms with van der Waals surface area (Å²) in [6.07, 6.45) is 0. The first-order valence-electron chi connectivity index (χ1n) is 6.53. The minimum Gasteiger partial charge on any atom is -0.330 e. The average Bonchev–Trinajstić information content (AvgIpc) is 2.40. The molecule has 0 atom stereocenters. The molecule has 0 bridgehead atoms. The maximum atomic E-state index is 12.6. The van der Waals surface area contributed by atoms with E-state index < -0.39 is 20.4 Å². The predicted molar refractivity (Wildman–Crippen MR) is 88.2 cm³/mol. The third-order valence-corrected chi connectivity index (χ3v) is 6.00. The summed E-state index contributed by atoms with van der Waals surface area (Å²) in [5.41, 5.74) is 5.38. The highest BCUT2D eigenvalue weighted by molar-refractivity contribution is 9.10. The van der Waals surface area contributed by atoms with Crippen LogP contribution in [0.1, 0.15) is 19.4 Å². The van der Waals surface area contributed by atoms with Crippen LogP contribution in [0.5, 0.6) is 0 Å². The molecular weight excluding hydrogens is 374 g/mol. The van der Waals surface area contributed by atoms with Crippen LogP contribution in [0, 0.1) is 22.5 Å². The van der Waals surface area contributed by atoms with E-state index in [4.69, 9.17) is 5.73 Å². The molecule has 1 aromatic rings. The fraction of sp³-hybridized carbons (Fsp3) is 0.538. The van der Waals surface area contributed by atoms with E-state index in [1.54, 1.807) is 6.92 Å². The molecule has 0 saturated carbocycles. The third-order valence-electron chi connectivity index (χ3n) is 3.40. The lowest BCUT2D eigenvalue weighted by Gasteiger charge is -2.28. The van der Waals surface area contributed by atoms with E-state index in [2.05, 4.69) is 15.9 Å². The molecule has 124 valence electrons. The summed E-state index contributed by atoms with van der Waals surface area (Å²) in [5, 5.41) is 11.1. The van der Waals surface area contributed by atoms with E-state index in [0.29, 0.717) is 16.6 Å². The molecule has 0 saturated heterocycles. The Hall–Kier alpha value is -1.03. The first-order chi connectivity index (χ1) is 9.92. The van der Waals surface area contributed by atoms with Gasteiger partial charge in [0.1, 0.15) is 0 Å². The van der Waals surface area contributed by atoms with Gasteiger partial charge in [0.25, 0.3) is 5.69 Å². The molecule has 0 radical (unpaired) electrons. The van der Waals surface area contributed by atoms with Crippen molar-refractivity contribution in [3.05, 3.63) is 32.3 Å². The number of nitro benzene ring substituents is 1. The van der Waals surface area contributed by atoms with Gasteiger partial charge in [0.2, 0.25) is 10.0 Å². The Bertz CT molecular complexity index is 689. The first kappa shape index (κ1) is 19.0. The monoisotopic (exact) mass is 393 g/mol. The Morgan fingerprint density at radius 3 is 2.41 bits per heavy atom. The number of hydrogen-bond acceptors (Lipinski definition) is 5. The quantitative estimate of drug-likeness (QED) is 0.589. The van der Waals surface area contributed by atoms with Gasteiger partial charge in [-0.05, 0) is 24.9 Å². The molecule has 0 unspecified atom stereocenters. The number of hydrogen-bond donors (Lipinski definition) is 1. The molecule has 0 fully saturated rings. The molecule has 0 heterocycles. The van der Waals surface area contributed by atoms with Gasteiger partial charge in [-0.25, -0.2) is 12.7 Å². The second-order valence-corrected chi connectivity index (χ2v) is 8.83. The number of nitrogens with zero attached hydrogens (tertiary/aromatic N) is 2. The Morgan fingerprint density at radius 2 is 1.95 bits per heavy atom. The largest absolute Gasteiger partial charge is 0.330 e. The maximum Gasteiger partial charge on any atom is 0.274 e. The van der Waals surface area contributed by atoms with Gasteiger partial charge in [-0.15, -0.1) is 0 Å². The first-order valence-corrected chi connectivity index (χ1v) is 8.76. The van der Waals surface area contributed by atoms with Crippen molar-refractivity contribution in [3.8, 4) is 0 Å². The van der Waals surface area contributed by atoms with Crippen molar-refractivity contribution in [3.63, 3.8) is 0 Å². The lowest BCUT2D eigenvalue weighted by atomic mass is 9.94. The molecule has 9 heteroatoms. The van der Waals surface area contributed by atoms with Crippen molar-refractivity contribution in [2.75, 3.05) is 20.1 Å². The predicted octanol–water partition coefficient (Wildman–Crippen LogP) is 2.27. The van der Waals surface area contributed by atoms with Crippen molar-refractivity contribution < 1.29 is 13.3 Å². The average molecular weight is 394 g/mol. The van der Waals surface area contributed by atoms with E-state index in [1.165, 1.54) is 17.4 Å². The van der Waals surface area contributed by atoms with Gasteiger partial charge in [0, 0.05) is 29.7 Å². The topological polar surface area (TPSA) is 107 Å². The minimum absolute atomic E-state index is 0.119. The summed E-state index contributed by atoms with van der Waals surface area (Å²) in [7, 11) is -2.40. The number of nitrogens with two attached hydrogens (primary N) is 1. The minimum atomic E-state index is -3.83. The Balaban J connectivity index is 3.32. The van der Waals surface area contributed by atoms with Crippen LogP contribution < -0.4 is 5.73 Å². The Labute approximate surface area is 138 Å². The zero-order chi connectivity index (χ0) is 17.3. The van der Waals surface area contributed by atoms with Gasteiger partial charge in [0.15, 0.2) is 0 Å². The molecule has 0 aromatic heterocycles. The van der Waals surface area contributed by atoms with Crippen LogP contribution in [0.3, 0.4) is 0 Å². The molecule has 0 spiro atoms. The molecule has 0 aliphatic heterocycles. The summed E-state index contributed by atoms with van der Waals surface area (Å²) in [6.45, 7) is 5.80. The van der Waals surface area contributed by atoms with E-state index in [0.717, 1.165) is 6.07 Å². The smallest absolute Gasteiger partial charge is 0.274 e. The molecule has 0 amide bonds. The van der Waals surface area contributed by atoms with Crippen LogP contribution in [-0.2, 0) is 10.0 Å². The number of rotatable bonds is 6. The van der Waals surface area contributed by atoms with Gasteiger partial charge in [-0.3, -0.25) is 10.1 Å². The zero-order valence-electron chi connectivity index (χ0n) is 13.0. The van der Waals surface area contributed by atoms with Gasteiger partial charge in [-0.1, -0.05) is 29.8 Å². The molecule has 1 rings (SSSR count). The number of sulfonamides is 1. The third kappa shape index (κ3) is 4.03.